The van der Waals surface area contributed by atoms with Gasteiger partial charge in [0.2, 0.25) is 0 Å². The summed E-state index contributed by atoms with van der Waals surface area (Å²) in [6, 6.07) is 12.3. The highest BCUT2D eigenvalue weighted by Crippen LogP contribution is 2.32. The third-order valence-corrected chi connectivity index (χ3v) is 5.58. The van der Waals surface area contributed by atoms with Gasteiger partial charge in [-0.15, -0.1) is 11.3 Å². The Hall–Kier alpha value is -2.12. The Morgan fingerprint density at radius 3 is 2.46 bits per heavy atom. The molecule has 2 aromatic carbocycles. The number of hydrogen-bond donors (Lipinski definition) is 1. The zero-order valence-electron chi connectivity index (χ0n) is 14.4. The lowest BCUT2D eigenvalue weighted by Crippen LogP contribution is -2.30. The van der Waals surface area contributed by atoms with Crippen molar-refractivity contribution in [2.24, 2.45) is 0 Å². The molecule has 1 aromatic heterocycles. The number of nitrogens with one attached hydrogen (secondary N) is 1. The van der Waals surface area contributed by atoms with Gasteiger partial charge >= 0.3 is 5.97 Å². The molecule has 0 aliphatic carbocycles. The summed E-state index contributed by atoms with van der Waals surface area (Å²) in [5.74, 6) is -1.26. The minimum Gasteiger partial charge on any atom is -0.448 e. The van der Waals surface area contributed by atoms with Crippen LogP contribution < -0.4 is 5.32 Å². The van der Waals surface area contributed by atoms with Gasteiger partial charge in [0.05, 0.1) is 20.8 Å². The smallest absolute Gasteiger partial charge is 0.358 e. The molecule has 0 bridgehead atoms. The number of rotatable bonds is 5. The van der Waals surface area contributed by atoms with E-state index in [-0.39, 0.29) is 26.4 Å². The van der Waals surface area contributed by atoms with Crippen LogP contribution in [0.15, 0.2) is 47.8 Å². The molecule has 1 heterocycles. The molecule has 1 amide bonds. The van der Waals surface area contributed by atoms with Crippen LogP contribution in [0.2, 0.25) is 15.1 Å². The van der Waals surface area contributed by atoms with Crippen LogP contribution in [0, 0.1) is 0 Å². The average molecular weight is 456 g/mol. The number of esters is 1. The number of thiazole rings is 1. The van der Waals surface area contributed by atoms with E-state index in [1.165, 1.54) is 30.4 Å². The normalized spacial score (nSPS) is 11.7. The maximum Gasteiger partial charge on any atom is 0.358 e. The number of halogens is 3. The van der Waals surface area contributed by atoms with E-state index >= 15 is 0 Å². The number of hydrogen-bond acceptors (Lipinski definition) is 5. The van der Waals surface area contributed by atoms with E-state index in [0.29, 0.717) is 5.01 Å². The van der Waals surface area contributed by atoms with Crippen LogP contribution in [-0.4, -0.2) is 23.0 Å². The van der Waals surface area contributed by atoms with Crippen molar-refractivity contribution in [3.8, 4) is 10.6 Å². The monoisotopic (exact) mass is 454 g/mol. The van der Waals surface area contributed by atoms with E-state index in [0.717, 1.165) is 5.56 Å². The van der Waals surface area contributed by atoms with Crippen LogP contribution in [-0.2, 0) is 9.53 Å². The lowest BCUT2D eigenvalue weighted by atomic mass is 10.2. The summed E-state index contributed by atoms with van der Waals surface area (Å²) in [4.78, 5) is 28.9. The molecule has 1 N–H and O–H groups in total. The number of amides is 1. The van der Waals surface area contributed by atoms with Crippen molar-refractivity contribution in [1.29, 1.82) is 0 Å². The van der Waals surface area contributed by atoms with Crippen LogP contribution in [0.3, 0.4) is 0 Å². The summed E-state index contributed by atoms with van der Waals surface area (Å²) in [5.41, 5.74) is 1.30. The highest BCUT2D eigenvalue weighted by Gasteiger charge is 2.22. The predicted molar refractivity (Wildman–Crippen MR) is 113 cm³/mol. The molecule has 3 rings (SSSR count). The fourth-order valence-electron chi connectivity index (χ4n) is 2.21. The van der Waals surface area contributed by atoms with Crippen LogP contribution >= 0.6 is 46.1 Å². The van der Waals surface area contributed by atoms with Gasteiger partial charge in [-0.2, -0.15) is 0 Å². The number of anilines is 1. The molecule has 1 unspecified atom stereocenters. The number of ether oxygens (including phenoxy) is 1. The quantitative estimate of drug-likeness (QED) is 0.381. The lowest BCUT2D eigenvalue weighted by molar-refractivity contribution is -0.123. The van der Waals surface area contributed by atoms with Crippen molar-refractivity contribution in [2.75, 3.05) is 5.32 Å². The minimum atomic E-state index is -1.07. The third kappa shape index (κ3) is 4.83. The molecular formula is C19H13Cl3N2O3S. The van der Waals surface area contributed by atoms with E-state index in [9.17, 15) is 9.59 Å². The summed E-state index contributed by atoms with van der Waals surface area (Å²) in [5, 5.41) is 5.55. The number of aromatic nitrogens is 1. The summed E-state index contributed by atoms with van der Waals surface area (Å²) in [6.07, 6.45) is -1.07. The van der Waals surface area contributed by atoms with Crippen LogP contribution in [0.1, 0.15) is 17.4 Å². The first-order valence-electron chi connectivity index (χ1n) is 8.02. The maximum atomic E-state index is 12.3. The van der Waals surface area contributed by atoms with Crippen molar-refractivity contribution in [3.63, 3.8) is 0 Å². The molecule has 0 radical (unpaired) electrons. The molecule has 0 fully saturated rings. The SMILES string of the molecule is CC(OC(=O)c1csc(-c2ccccc2)n1)C(=O)Nc1cc(Cl)c(Cl)cc1Cl. The lowest BCUT2D eigenvalue weighted by Gasteiger charge is -2.14. The predicted octanol–water partition coefficient (Wildman–Crippen LogP) is 5.95. The Balaban J connectivity index is 1.65. The van der Waals surface area contributed by atoms with Gasteiger partial charge in [0.15, 0.2) is 11.8 Å². The summed E-state index contributed by atoms with van der Waals surface area (Å²) < 4.78 is 5.20. The van der Waals surface area contributed by atoms with E-state index in [1.54, 1.807) is 5.38 Å². The molecule has 3 aromatic rings. The van der Waals surface area contributed by atoms with Crippen LogP contribution in [0.5, 0.6) is 0 Å². The number of carbonyl (C=O) groups is 2. The highest BCUT2D eigenvalue weighted by atomic mass is 35.5. The van der Waals surface area contributed by atoms with Gasteiger partial charge in [0.1, 0.15) is 5.01 Å². The van der Waals surface area contributed by atoms with Gasteiger partial charge in [-0.05, 0) is 19.1 Å². The molecule has 0 aliphatic heterocycles. The van der Waals surface area contributed by atoms with Gasteiger partial charge in [-0.3, -0.25) is 4.79 Å². The Kier molecular flexibility index (Phi) is 6.57. The summed E-state index contributed by atoms with van der Waals surface area (Å²) in [7, 11) is 0. The fourth-order valence-corrected chi connectivity index (χ4v) is 3.60. The largest absolute Gasteiger partial charge is 0.448 e. The zero-order chi connectivity index (χ0) is 20.3. The topological polar surface area (TPSA) is 68.3 Å². The molecule has 0 saturated carbocycles. The number of carbonyl (C=O) groups excluding carboxylic acids is 2. The molecule has 0 saturated heterocycles. The highest BCUT2D eigenvalue weighted by molar-refractivity contribution is 7.13. The summed E-state index contributed by atoms with van der Waals surface area (Å²) in [6.45, 7) is 1.45. The molecule has 0 aliphatic rings. The molecule has 28 heavy (non-hydrogen) atoms. The maximum absolute atomic E-state index is 12.3. The molecule has 5 nitrogen and oxygen atoms in total. The van der Waals surface area contributed by atoms with Gasteiger partial charge in [-0.1, -0.05) is 65.1 Å². The van der Waals surface area contributed by atoms with Crippen molar-refractivity contribution in [3.05, 3.63) is 68.6 Å². The second-order valence-electron chi connectivity index (χ2n) is 5.69. The second-order valence-corrected chi connectivity index (χ2v) is 7.77. The van der Waals surface area contributed by atoms with E-state index in [2.05, 4.69) is 10.3 Å². The number of nitrogens with zero attached hydrogens (tertiary/aromatic N) is 1. The van der Waals surface area contributed by atoms with E-state index in [1.807, 2.05) is 30.3 Å². The van der Waals surface area contributed by atoms with E-state index < -0.39 is 18.0 Å². The summed E-state index contributed by atoms with van der Waals surface area (Å²) >= 11 is 19.2. The van der Waals surface area contributed by atoms with Gasteiger partial charge in [0.25, 0.3) is 5.91 Å². The molecular weight excluding hydrogens is 443 g/mol. The van der Waals surface area contributed by atoms with Crippen LogP contribution in [0.25, 0.3) is 10.6 Å². The molecule has 0 spiro atoms. The second kappa shape index (κ2) is 8.92. The van der Waals surface area contributed by atoms with E-state index in [4.69, 9.17) is 39.5 Å². The Bertz CT molecular complexity index is 1020. The van der Waals surface area contributed by atoms with Crippen molar-refractivity contribution < 1.29 is 14.3 Å². The standard InChI is InChI=1S/C19H13Cl3N2O3S/c1-10(17(25)23-15-8-13(21)12(20)7-14(15)22)27-19(26)16-9-28-18(24-16)11-5-3-2-4-6-11/h2-10H,1H3,(H,23,25). The van der Waals surface area contributed by atoms with Gasteiger partial charge < -0.3 is 10.1 Å². The Morgan fingerprint density at radius 2 is 1.75 bits per heavy atom. The van der Waals surface area contributed by atoms with Crippen molar-refractivity contribution >= 4 is 63.7 Å². The van der Waals surface area contributed by atoms with Gasteiger partial charge in [-0.25, -0.2) is 9.78 Å². The zero-order valence-corrected chi connectivity index (χ0v) is 17.5. The molecule has 144 valence electrons. The number of benzene rings is 2. The average Bonchev–Trinajstić information content (AvgIpc) is 3.17. The minimum absolute atomic E-state index is 0.135. The van der Waals surface area contributed by atoms with Crippen molar-refractivity contribution in [1.82, 2.24) is 4.98 Å². The fraction of sp³-hybridized carbons (Fsp3) is 0.105. The Morgan fingerprint density at radius 1 is 1.07 bits per heavy atom. The van der Waals surface area contributed by atoms with Gasteiger partial charge in [0, 0.05) is 10.9 Å². The molecule has 9 heteroatoms. The Labute approximate surface area is 180 Å². The third-order valence-electron chi connectivity index (χ3n) is 3.65. The first-order chi connectivity index (χ1) is 13.3. The first kappa shape index (κ1) is 20.6. The molecule has 1 atom stereocenters. The first-order valence-corrected chi connectivity index (χ1v) is 10.0. The van der Waals surface area contributed by atoms with Crippen molar-refractivity contribution in [2.45, 2.75) is 13.0 Å². The van der Waals surface area contributed by atoms with Crippen LogP contribution in [0.4, 0.5) is 5.69 Å².